The summed E-state index contributed by atoms with van der Waals surface area (Å²) in [6.07, 6.45) is 1.31. The van der Waals surface area contributed by atoms with Crippen molar-refractivity contribution in [1.29, 1.82) is 5.26 Å². The Kier molecular flexibility index (Phi) is 5.64. The van der Waals surface area contributed by atoms with Crippen LogP contribution in [0, 0.1) is 11.3 Å². The fourth-order valence-electron chi connectivity index (χ4n) is 1.81. The van der Waals surface area contributed by atoms with E-state index in [4.69, 9.17) is 23.2 Å². The summed E-state index contributed by atoms with van der Waals surface area (Å²) >= 11 is 11.8. The van der Waals surface area contributed by atoms with E-state index in [0.29, 0.717) is 16.4 Å². The van der Waals surface area contributed by atoms with Crippen LogP contribution < -0.4 is 5.32 Å². The van der Waals surface area contributed by atoms with Crippen LogP contribution in [0.3, 0.4) is 0 Å². The van der Waals surface area contributed by atoms with Gasteiger partial charge in [-0.05, 0) is 36.4 Å². The minimum Gasteiger partial charge on any atom is -0.464 e. The number of methoxy groups -OCH3 is 1. The molecule has 0 aliphatic rings. The molecule has 1 aromatic heterocycles. The normalized spacial score (nSPS) is 10.8. The van der Waals surface area contributed by atoms with Crippen molar-refractivity contribution >= 4 is 46.8 Å². The fraction of sp³-hybridized carbons (Fsp3) is 0.0625. The number of H-pyrrole nitrogens is 1. The van der Waals surface area contributed by atoms with Crippen LogP contribution in [0.1, 0.15) is 16.2 Å². The Morgan fingerprint density at radius 2 is 2.04 bits per heavy atom. The third kappa shape index (κ3) is 4.16. The molecule has 0 fully saturated rings. The van der Waals surface area contributed by atoms with Gasteiger partial charge >= 0.3 is 5.97 Å². The van der Waals surface area contributed by atoms with Gasteiger partial charge in [0.05, 0.1) is 17.8 Å². The Balaban J connectivity index is 2.21. The van der Waals surface area contributed by atoms with E-state index in [-0.39, 0.29) is 16.3 Å². The van der Waals surface area contributed by atoms with Crippen LogP contribution in [-0.4, -0.2) is 24.0 Å². The molecule has 0 saturated heterocycles. The highest BCUT2D eigenvalue weighted by Crippen LogP contribution is 2.25. The summed E-state index contributed by atoms with van der Waals surface area (Å²) < 4.78 is 4.57. The van der Waals surface area contributed by atoms with Crippen molar-refractivity contribution in [3.63, 3.8) is 0 Å². The number of amides is 1. The number of esters is 1. The molecule has 24 heavy (non-hydrogen) atoms. The standard InChI is InChI=1S/C16H11Cl2N3O3/c1-24-16(23)14-5-3-11(20-14)6-9(8-19)15(22)21-13-4-2-10(17)7-12(13)18/h2-7,20H,1H3,(H,21,22)/b9-6-. The number of nitrogens with one attached hydrogen (secondary N) is 2. The number of hydrogen-bond acceptors (Lipinski definition) is 4. The molecule has 0 atom stereocenters. The van der Waals surface area contributed by atoms with Crippen LogP contribution in [0.4, 0.5) is 5.69 Å². The van der Waals surface area contributed by atoms with Crippen LogP contribution in [0.5, 0.6) is 0 Å². The molecule has 1 heterocycles. The van der Waals surface area contributed by atoms with Crippen LogP contribution in [0.15, 0.2) is 35.9 Å². The lowest BCUT2D eigenvalue weighted by molar-refractivity contribution is -0.112. The lowest BCUT2D eigenvalue weighted by Crippen LogP contribution is -2.13. The molecular weight excluding hydrogens is 353 g/mol. The van der Waals surface area contributed by atoms with Gasteiger partial charge in [0.2, 0.25) is 0 Å². The zero-order valence-electron chi connectivity index (χ0n) is 12.4. The Hall–Kier alpha value is -2.75. The Bertz CT molecular complexity index is 866. The van der Waals surface area contributed by atoms with Gasteiger partial charge in [-0.25, -0.2) is 4.79 Å². The number of ether oxygens (including phenoxy) is 1. The molecule has 2 aromatic rings. The van der Waals surface area contributed by atoms with Crippen molar-refractivity contribution in [2.45, 2.75) is 0 Å². The summed E-state index contributed by atoms with van der Waals surface area (Å²) in [5.74, 6) is -1.19. The number of nitrogens with zero attached hydrogens (tertiary/aromatic N) is 1. The van der Waals surface area contributed by atoms with Gasteiger partial charge < -0.3 is 15.0 Å². The van der Waals surface area contributed by atoms with E-state index in [9.17, 15) is 14.9 Å². The van der Waals surface area contributed by atoms with Crippen LogP contribution >= 0.6 is 23.2 Å². The van der Waals surface area contributed by atoms with E-state index >= 15 is 0 Å². The highest BCUT2D eigenvalue weighted by atomic mass is 35.5. The van der Waals surface area contributed by atoms with Crippen LogP contribution in [0.2, 0.25) is 10.0 Å². The molecule has 1 amide bonds. The lowest BCUT2D eigenvalue weighted by Gasteiger charge is -2.06. The number of rotatable bonds is 4. The summed E-state index contributed by atoms with van der Waals surface area (Å²) in [6, 6.07) is 9.40. The van der Waals surface area contributed by atoms with E-state index < -0.39 is 11.9 Å². The molecule has 0 spiro atoms. The minimum absolute atomic E-state index is 0.167. The number of anilines is 1. The maximum absolute atomic E-state index is 12.2. The minimum atomic E-state index is -0.643. The monoisotopic (exact) mass is 363 g/mol. The van der Waals surface area contributed by atoms with Crippen molar-refractivity contribution in [2.24, 2.45) is 0 Å². The highest BCUT2D eigenvalue weighted by Gasteiger charge is 2.13. The van der Waals surface area contributed by atoms with E-state index in [2.05, 4.69) is 15.0 Å². The van der Waals surface area contributed by atoms with Crippen LogP contribution in [-0.2, 0) is 9.53 Å². The molecule has 0 bridgehead atoms. The second kappa shape index (κ2) is 7.68. The maximum Gasteiger partial charge on any atom is 0.354 e. The SMILES string of the molecule is COC(=O)c1ccc(/C=C(/C#N)C(=O)Nc2ccc(Cl)cc2Cl)[nH]1. The van der Waals surface area contributed by atoms with Gasteiger partial charge in [-0.3, -0.25) is 4.79 Å². The summed E-state index contributed by atoms with van der Waals surface area (Å²) in [5, 5.41) is 12.4. The van der Waals surface area contributed by atoms with Crippen molar-refractivity contribution in [1.82, 2.24) is 4.98 Å². The predicted molar refractivity (Wildman–Crippen MR) is 90.8 cm³/mol. The quantitative estimate of drug-likeness (QED) is 0.492. The first-order chi connectivity index (χ1) is 11.4. The predicted octanol–water partition coefficient (Wildman–Crippen LogP) is 3.65. The molecule has 0 aliphatic heterocycles. The van der Waals surface area contributed by atoms with Gasteiger partial charge in [-0.2, -0.15) is 5.26 Å². The fourth-order valence-corrected chi connectivity index (χ4v) is 2.27. The zero-order chi connectivity index (χ0) is 17.7. The first-order valence-electron chi connectivity index (χ1n) is 6.60. The first kappa shape index (κ1) is 17.6. The zero-order valence-corrected chi connectivity index (χ0v) is 13.9. The first-order valence-corrected chi connectivity index (χ1v) is 7.35. The number of carbonyl (C=O) groups excluding carboxylic acids is 2. The number of hydrogen-bond donors (Lipinski definition) is 2. The number of benzene rings is 1. The molecule has 122 valence electrons. The highest BCUT2D eigenvalue weighted by molar-refractivity contribution is 6.36. The second-order valence-electron chi connectivity index (χ2n) is 4.57. The topological polar surface area (TPSA) is 95.0 Å². The van der Waals surface area contributed by atoms with Crippen molar-refractivity contribution in [2.75, 3.05) is 12.4 Å². The maximum atomic E-state index is 12.2. The van der Waals surface area contributed by atoms with Gasteiger partial charge in [-0.15, -0.1) is 0 Å². The van der Waals surface area contributed by atoms with Gasteiger partial charge in [0.25, 0.3) is 5.91 Å². The van der Waals surface area contributed by atoms with Crippen molar-refractivity contribution in [3.8, 4) is 6.07 Å². The average Bonchev–Trinajstić information content (AvgIpc) is 3.03. The molecular formula is C16H11Cl2N3O3. The smallest absolute Gasteiger partial charge is 0.354 e. The van der Waals surface area contributed by atoms with Crippen LogP contribution in [0.25, 0.3) is 6.08 Å². The molecule has 0 saturated carbocycles. The molecule has 0 radical (unpaired) electrons. The number of halogens is 2. The van der Waals surface area contributed by atoms with E-state index in [1.165, 1.54) is 31.4 Å². The summed E-state index contributed by atoms with van der Waals surface area (Å²) in [5.41, 5.74) is 0.778. The number of carbonyl (C=O) groups is 2. The van der Waals surface area contributed by atoms with E-state index in [1.807, 2.05) is 0 Å². The van der Waals surface area contributed by atoms with Crippen molar-refractivity contribution < 1.29 is 14.3 Å². The number of nitriles is 1. The van der Waals surface area contributed by atoms with Crippen molar-refractivity contribution in [3.05, 3.63) is 57.3 Å². The molecule has 8 heteroatoms. The second-order valence-corrected chi connectivity index (χ2v) is 5.41. The number of aromatic amines is 1. The van der Waals surface area contributed by atoms with Gasteiger partial charge in [-0.1, -0.05) is 23.2 Å². The molecule has 0 aliphatic carbocycles. The molecule has 2 N–H and O–H groups in total. The average molecular weight is 364 g/mol. The third-order valence-electron chi connectivity index (χ3n) is 2.96. The Morgan fingerprint density at radius 1 is 1.29 bits per heavy atom. The van der Waals surface area contributed by atoms with E-state index in [0.717, 1.165) is 0 Å². The van der Waals surface area contributed by atoms with Gasteiger partial charge in [0, 0.05) is 10.7 Å². The molecule has 6 nitrogen and oxygen atoms in total. The molecule has 0 unspecified atom stereocenters. The summed E-state index contributed by atoms with van der Waals surface area (Å²) in [6.45, 7) is 0. The lowest BCUT2D eigenvalue weighted by atomic mass is 10.2. The Morgan fingerprint density at radius 3 is 2.67 bits per heavy atom. The summed E-state index contributed by atoms with van der Waals surface area (Å²) in [4.78, 5) is 26.3. The third-order valence-corrected chi connectivity index (χ3v) is 3.51. The molecule has 1 aromatic carbocycles. The van der Waals surface area contributed by atoms with E-state index in [1.54, 1.807) is 18.2 Å². The number of aromatic nitrogens is 1. The molecule has 2 rings (SSSR count). The Labute approximate surface area is 147 Å². The van der Waals surface area contributed by atoms with Gasteiger partial charge in [0.1, 0.15) is 17.3 Å². The largest absolute Gasteiger partial charge is 0.464 e. The summed E-state index contributed by atoms with van der Waals surface area (Å²) in [7, 11) is 1.25. The van der Waals surface area contributed by atoms with Gasteiger partial charge in [0.15, 0.2) is 0 Å².